The van der Waals surface area contributed by atoms with Gasteiger partial charge in [-0.25, -0.2) is 4.99 Å². The first-order valence-electron chi connectivity index (χ1n) is 3.44. The molecule has 1 atom stereocenters. The van der Waals surface area contributed by atoms with E-state index < -0.39 is 0 Å². The van der Waals surface area contributed by atoms with E-state index >= 15 is 0 Å². The molecule has 10 heavy (non-hydrogen) atoms. The number of rotatable bonds is 2. The van der Waals surface area contributed by atoms with Gasteiger partial charge in [-0.1, -0.05) is 0 Å². The highest BCUT2D eigenvalue weighted by atomic mass is 16.2. The lowest BCUT2D eigenvalue weighted by Crippen LogP contribution is -2.40. The zero-order valence-corrected chi connectivity index (χ0v) is 5.50. The minimum atomic E-state index is -0.153. The maximum Gasteiger partial charge on any atom is 0.264 e. The SMILES string of the molecule is O=C1C=NC(NC2CC2)N1. The van der Waals surface area contributed by atoms with Crippen LogP contribution >= 0.6 is 0 Å². The molecule has 0 bridgehead atoms. The van der Waals surface area contributed by atoms with Crippen molar-refractivity contribution in [3.05, 3.63) is 0 Å². The van der Waals surface area contributed by atoms with Crippen molar-refractivity contribution < 1.29 is 4.79 Å². The Morgan fingerprint density at radius 3 is 3.00 bits per heavy atom. The number of hydrogen-bond donors (Lipinski definition) is 2. The summed E-state index contributed by atoms with van der Waals surface area (Å²) in [4.78, 5) is 14.5. The summed E-state index contributed by atoms with van der Waals surface area (Å²) in [5, 5.41) is 5.81. The molecule has 1 fully saturated rings. The van der Waals surface area contributed by atoms with E-state index in [1.807, 2.05) is 0 Å². The zero-order chi connectivity index (χ0) is 6.97. The van der Waals surface area contributed by atoms with Crippen molar-refractivity contribution in [3.63, 3.8) is 0 Å². The molecule has 0 aromatic heterocycles. The Hall–Kier alpha value is -0.900. The predicted octanol–water partition coefficient (Wildman–Crippen LogP) is -0.777. The molecule has 4 nitrogen and oxygen atoms in total. The molecule has 54 valence electrons. The molecule has 4 heteroatoms. The van der Waals surface area contributed by atoms with E-state index in [9.17, 15) is 4.79 Å². The molecule has 1 unspecified atom stereocenters. The molecule has 1 amide bonds. The minimum Gasteiger partial charge on any atom is -0.317 e. The predicted molar refractivity (Wildman–Crippen MR) is 36.6 cm³/mol. The van der Waals surface area contributed by atoms with Crippen LogP contribution in [0.1, 0.15) is 12.8 Å². The van der Waals surface area contributed by atoms with Crippen LogP contribution in [0, 0.1) is 0 Å². The van der Waals surface area contributed by atoms with Crippen LogP contribution in [0.2, 0.25) is 0 Å². The fraction of sp³-hybridized carbons (Fsp3) is 0.667. The van der Waals surface area contributed by atoms with Crippen molar-refractivity contribution in [1.29, 1.82) is 0 Å². The largest absolute Gasteiger partial charge is 0.317 e. The first-order chi connectivity index (χ1) is 4.84. The quantitative estimate of drug-likeness (QED) is 0.527. The number of aliphatic imine (C=N–C) groups is 1. The summed E-state index contributed by atoms with van der Waals surface area (Å²) in [6, 6.07) is 0.584. The van der Waals surface area contributed by atoms with Gasteiger partial charge in [0.05, 0.1) is 6.21 Å². The second-order valence-corrected chi connectivity index (χ2v) is 2.63. The number of hydrogen-bond acceptors (Lipinski definition) is 3. The van der Waals surface area contributed by atoms with E-state index in [-0.39, 0.29) is 12.2 Å². The highest BCUT2D eigenvalue weighted by Crippen LogP contribution is 2.19. The third-order valence-electron chi connectivity index (χ3n) is 1.59. The van der Waals surface area contributed by atoms with E-state index in [0.29, 0.717) is 6.04 Å². The van der Waals surface area contributed by atoms with E-state index in [0.717, 1.165) is 0 Å². The maximum absolute atomic E-state index is 10.6. The molecule has 1 heterocycles. The molecule has 0 spiro atoms. The molecule has 1 saturated carbocycles. The van der Waals surface area contributed by atoms with Gasteiger partial charge in [-0.05, 0) is 12.8 Å². The number of amides is 1. The number of carbonyl (C=O) groups is 1. The Morgan fingerprint density at radius 2 is 2.50 bits per heavy atom. The van der Waals surface area contributed by atoms with Gasteiger partial charge >= 0.3 is 0 Å². The lowest BCUT2D eigenvalue weighted by atomic mass is 10.6. The Morgan fingerprint density at radius 1 is 1.70 bits per heavy atom. The van der Waals surface area contributed by atoms with Gasteiger partial charge in [0, 0.05) is 6.04 Å². The summed E-state index contributed by atoms with van der Waals surface area (Å²) in [5.41, 5.74) is 0. The summed E-state index contributed by atoms with van der Waals surface area (Å²) in [5.74, 6) is -0.0989. The first kappa shape index (κ1) is 5.85. The molecule has 2 N–H and O–H groups in total. The van der Waals surface area contributed by atoms with Crippen molar-refractivity contribution >= 4 is 12.1 Å². The van der Waals surface area contributed by atoms with Crippen LogP contribution in [0.5, 0.6) is 0 Å². The van der Waals surface area contributed by atoms with E-state index in [4.69, 9.17) is 0 Å². The minimum absolute atomic E-state index is 0.0989. The Bertz CT molecular complexity index is 185. The van der Waals surface area contributed by atoms with Gasteiger partial charge in [-0.2, -0.15) is 0 Å². The molecule has 1 aliphatic heterocycles. The Balaban J connectivity index is 1.83. The van der Waals surface area contributed by atoms with E-state index in [1.165, 1.54) is 19.1 Å². The van der Waals surface area contributed by atoms with Crippen molar-refractivity contribution in [2.45, 2.75) is 25.2 Å². The lowest BCUT2D eigenvalue weighted by molar-refractivity contribution is -0.114. The molecule has 1 aliphatic carbocycles. The van der Waals surface area contributed by atoms with Crippen molar-refractivity contribution in [2.75, 3.05) is 0 Å². The lowest BCUT2D eigenvalue weighted by Gasteiger charge is -2.07. The van der Waals surface area contributed by atoms with E-state index in [2.05, 4.69) is 15.6 Å². The monoisotopic (exact) mass is 139 g/mol. The standard InChI is InChI=1S/C6H9N3O/c10-5-3-7-6(9-5)8-4-1-2-4/h3-4,6,8H,1-2H2,(H,9,10). The Labute approximate surface area is 58.7 Å². The molecular formula is C6H9N3O. The van der Waals surface area contributed by atoms with Gasteiger partial charge in [-0.15, -0.1) is 0 Å². The number of nitrogens with zero attached hydrogens (tertiary/aromatic N) is 1. The second-order valence-electron chi connectivity index (χ2n) is 2.63. The van der Waals surface area contributed by atoms with Crippen LogP contribution in [-0.4, -0.2) is 24.5 Å². The molecule has 0 aromatic carbocycles. The van der Waals surface area contributed by atoms with Crippen LogP contribution in [0.4, 0.5) is 0 Å². The summed E-state index contributed by atoms with van der Waals surface area (Å²) in [7, 11) is 0. The summed E-state index contributed by atoms with van der Waals surface area (Å²) in [6.45, 7) is 0. The summed E-state index contributed by atoms with van der Waals surface area (Å²) < 4.78 is 0. The fourth-order valence-electron chi connectivity index (χ4n) is 0.909. The smallest absolute Gasteiger partial charge is 0.264 e. The normalized spacial score (nSPS) is 30.8. The molecule has 2 rings (SSSR count). The van der Waals surface area contributed by atoms with Gasteiger partial charge < -0.3 is 5.32 Å². The molecule has 0 radical (unpaired) electrons. The van der Waals surface area contributed by atoms with Crippen LogP contribution in [0.15, 0.2) is 4.99 Å². The third-order valence-corrected chi connectivity index (χ3v) is 1.59. The molecule has 0 aromatic rings. The van der Waals surface area contributed by atoms with Gasteiger partial charge in [0.2, 0.25) is 0 Å². The number of carbonyl (C=O) groups excluding carboxylic acids is 1. The summed E-state index contributed by atoms with van der Waals surface area (Å²) >= 11 is 0. The van der Waals surface area contributed by atoms with Crippen molar-refractivity contribution in [3.8, 4) is 0 Å². The zero-order valence-electron chi connectivity index (χ0n) is 5.50. The first-order valence-corrected chi connectivity index (χ1v) is 3.44. The average molecular weight is 139 g/mol. The van der Waals surface area contributed by atoms with E-state index in [1.54, 1.807) is 0 Å². The fourth-order valence-corrected chi connectivity index (χ4v) is 0.909. The van der Waals surface area contributed by atoms with Crippen LogP contribution < -0.4 is 10.6 Å². The van der Waals surface area contributed by atoms with Crippen LogP contribution in [0.25, 0.3) is 0 Å². The van der Waals surface area contributed by atoms with Crippen molar-refractivity contribution in [2.24, 2.45) is 4.99 Å². The highest BCUT2D eigenvalue weighted by molar-refractivity contribution is 6.27. The van der Waals surface area contributed by atoms with Crippen LogP contribution in [0.3, 0.4) is 0 Å². The van der Waals surface area contributed by atoms with Gasteiger partial charge in [-0.3, -0.25) is 10.1 Å². The highest BCUT2D eigenvalue weighted by Gasteiger charge is 2.26. The van der Waals surface area contributed by atoms with Gasteiger partial charge in [0.1, 0.15) is 0 Å². The topological polar surface area (TPSA) is 53.5 Å². The maximum atomic E-state index is 10.6. The third kappa shape index (κ3) is 1.16. The second kappa shape index (κ2) is 2.05. The number of nitrogens with one attached hydrogen (secondary N) is 2. The van der Waals surface area contributed by atoms with Crippen LogP contribution in [-0.2, 0) is 4.79 Å². The average Bonchev–Trinajstić information content (AvgIpc) is 2.59. The molecular weight excluding hydrogens is 130 g/mol. The molecule has 2 aliphatic rings. The molecule has 0 saturated heterocycles. The van der Waals surface area contributed by atoms with Gasteiger partial charge in [0.15, 0.2) is 6.29 Å². The van der Waals surface area contributed by atoms with Gasteiger partial charge in [0.25, 0.3) is 5.91 Å². The summed E-state index contributed by atoms with van der Waals surface area (Å²) in [6.07, 6.45) is 3.59. The van der Waals surface area contributed by atoms with Crippen molar-refractivity contribution in [1.82, 2.24) is 10.6 Å². The Kier molecular flexibility index (Phi) is 1.20.